The lowest BCUT2D eigenvalue weighted by Gasteiger charge is -2.27. The smallest absolute Gasteiger partial charge is 0.305 e. The summed E-state index contributed by atoms with van der Waals surface area (Å²) >= 11 is 0. The van der Waals surface area contributed by atoms with Crippen LogP contribution in [0.15, 0.2) is 18.2 Å². The first-order valence-corrected chi connectivity index (χ1v) is 7.05. The maximum atomic E-state index is 12.6. The van der Waals surface area contributed by atoms with Gasteiger partial charge in [-0.3, -0.25) is 14.4 Å². The lowest BCUT2D eigenvalue weighted by atomic mass is 10.1. The SMILES string of the molecule is CCN(CCC(=O)O)C(=O)c1cccc2c1OC(C)C(=O)N2. The number of carboxylic acids is 1. The minimum Gasteiger partial charge on any atom is -0.481 e. The van der Waals surface area contributed by atoms with Gasteiger partial charge in [-0.15, -0.1) is 0 Å². The zero-order chi connectivity index (χ0) is 16.3. The molecule has 7 heteroatoms. The first-order valence-electron chi connectivity index (χ1n) is 7.05. The molecule has 1 aromatic rings. The van der Waals surface area contributed by atoms with Crippen LogP contribution in [0.25, 0.3) is 0 Å². The molecule has 0 spiro atoms. The van der Waals surface area contributed by atoms with Crippen LogP contribution in [0.4, 0.5) is 5.69 Å². The van der Waals surface area contributed by atoms with Gasteiger partial charge in [0.05, 0.1) is 17.7 Å². The highest BCUT2D eigenvalue weighted by Crippen LogP contribution is 2.34. The van der Waals surface area contributed by atoms with E-state index in [1.165, 1.54) is 4.90 Å². The first-order chi connectivity index (χ1) is 10.4. The van der Waals surface area contributed by atoms with Crippen molar-refractivity contribution in [2.24, 2.45) is 0 Å². The van der Waals surface area contributed by atoms with E-state index in [4.69, 9.17) is 9.84 Å². The van der Waals surface area contributed by atoms with Crippen LogP contribution in [0.2, 0.25) is 0 Å². The van der Waals surface area contributed by atoms with Crippen molar-refractivity contribution in [1.82, 2.24) is 4.90 Å². The molecule has 7 nitrogen and oxygen atoms in total. The second-order valence-corrected chi connectivity index (χ2v) is 4.96. The van der Waals surface area contributed by atoms with Crippen molar-refractivity contribution >= 4 is 23.5 Å². The number of hydrogen-bond acceptors (Lipinski definition) is 4. The number of anilines is 1. The van der Waals surface area contributed by atoms with Crippen LogP contribution in [0, 0.1) is 0 Å². The standard InChI is InChI=1S/C15H18N2O5/c1-3-17(8-7-12(18)19)15(21)10-5-4-6-11-13(10)22-9(2)14(20)16-11/h4-6,9H,3,7-8H2,1-2H3,(H,16,20)(H,18,19). The molecule has 1 heterocycles. The van der Waals surface area contributed by atoms with E-state index in [0.717, 1.165) is 0 Å². The number of carbonyl (C=O) groups excluding carboxylic acids is 2. The maximum Gasteiger partial charge on any atom is 0.305 e. The minimum atomic E-state index is -0.960. The van der Waals surface area contributed by atoms with Crippen LogP contribution in [0.1, 0.15) is 30.6 Å². The van der Waals surface area contributed by atoms with Crippen molar-refractivity contribution in [1.29, 1.82) is 0 Å². The van der Waals surface area contributed by atoms with E-state index >= 15 is 0 Å². The van der Waals surface area contributed by atoms with Crippen molar-refractivity contribution in [2.75, 3.05) is 18.4 Å². The number of hydrogen-bond donors (Lipinski definition) is 2. The Hall–Kier alpha value is -2.57. The Kier molecular flexibility index (Phi) is 4.65. The van der Waals surface area contributed by atoms with Gasteiger partial charge in [0.2, 0.25) is 0 Å². The second-order valence-electron chi connectivity index (χ2n) is 4.96. The Morgan fingerprint density at radius 2 is 2.14 bits per heavy atom. The summed E-state index contributed by atoms with van der Waals surface area (Å²) in [6.07, 6.45) is -0.807. The zero-order valence-electron chi connectivity index (χ0n) is 12.5. The highest BCUT2D eigenvalue weighted by Gasteiger charge is 2.29. The number of carboxylic acid groups (broad SMARTS) is 1. The summed E-state index contributed by atoms with van der Waals surface area (Å²) in [6, 6.07) is 4.91. The predicted octanol–water partition coefficient (Wildman–Crippen LogP) is 1.34. The molecule has 1 unspecified atom stereocenters. The number of benzene rings is 1. The van der Waals surface area contributed by atoms with Gasteiger partial charge in [-0.1, -0.05) is 6.07 Å². The van der Waals surface area contributed by atoms with Crippen LogP contribution in [0.3, 0.4) is 0 Å². The Morgan fingerprint density at radius 1 is 1.41 bits per heavy atom. The summed E-state index contributed by atoms with van der Waals surface area (Å²) in [7, 11) is 0. The number of fused-ring (bicyclic) bond motifs is 1. The van der Waals surface area contributed by atoms with Crippen LogP contribution < -0.4 is 10.1 Å². The third-order valence-electron chi connectivity index (χ3n) is 3.43. The van der Waals surface area contributed by atoms with Gasteiger partial charge in [0, 0.05) is 13.1 Å². The van der Waals surface area contributed by atoms with Gasteiger partial charge in [0.1, 0.15) is 0 Å². The van der Waals surface area contributed by atoms with Crippen LogP contribution in [-0.4, -0.2) is 47.0 Å². The van der Waals surface area contributed by atoms with E-state index < -0.39 is 12.1 Å². The van der Waals surface area contributed by atoms with E-state index in [1.54, 1.807) is 32.0 Å². The summed E-state index contributed by atoms with van der Waals surface area (Å²) in [5.74, 6) is -1.22. The number of amides is 2. The molecule has 0 radical (unpaired) electrons. The summed E-state index contributed by atoms with van der Waals surface area (Å²) in [4.78, 5) is 36.3. The van der Waals surface area contributed by atoms with Crippen molar-refractivity contribution in [2.45, 2.75) is 26.4 Å². The summed E-state index contributed by atoms with van der Waals surface area (Å²) in [5, 5.41) is 11.4. The van der Waals surface area contributed by atoms with Crippen LogP contribution in [-0.2, 0) is 9.59 Å². The second kappa shape index (κ2) is 6.46. The number of ether oxygens (including phenoxy) is 1. The van der Waals surface area contributed by atoms with Gasteiger partial charge in [-0.2, -0.15) is 0 Å². The largest absolute Gasteiger partial charge is 0.481 e. The number of carbonyl (C=O) groups is 3. The third kappa shape index (κ3) is 3.19. The number of para-hydroxylation sites is 1. The van der Waals surface area contributed by atoms with Crippen LogP contribution >= 0.6 is 0 Å². The third-order valence-corrected chi connectivity index (χ3v) is 3.43. The molecule has 1 aliphatic rings. The lowest BCUT2D eigenvalue weighted by molar-refractivity contribution is -0.137. The molecule has 0 fully saturated rings. The first kappa shape index (κ1) is 15.8. The van der Waals surface area contributed by atoms with Gasteiger partial charge in [0.25, 0.3) is 11.8 Å². The quantitative estimate of drug-likeness (QED) is 0.856. The van der Waals surface area contributed by atoms with E-state index in [1.807, 2.05) is 0 Å². The Labute approximate surface area is 127 Å². The van der Waals surface area contributed by atoms with E-state index in [0.29, 0.717) is 23.5 Å². The van der Waals surface area contributed by atoms with E-state index in [9.17, 15) is 14.4 Å². The number of aliphatic carboxylic acids is 1. The predicted molar refractivity (Wildman–Crippen MR) is 79.0 cm³/mol. The molecule has 1 atom stereocenters. The Morgan fingerprint density at radius 3 is 2.77 bits per heavy atom. The molecule has 2 amide bonds. The fraction of sp³-hybridized carbons (Fsp3) is 0.400. The number of rotatable bonds is 5. The number of nitrogens with zero attached hydrogens (tertiary/aromatic N) is 1. The molecule has 0 bridgehead atoms. The van der Waals surface area contributed by atoms with E-state index in [2.05, 4.69) is 5.32 Å². The molecule has 0 aromatic heterocycles. The monoisotopic (exact) mass is 306 g/mol. The summed E-state index contributed by atoms with van der Waals surface area (Å²) in [6.45, 7) is 3.88. The molecular formula is C15H18N2O5. The van der Waals surface area contributed by atoms with E-state index in [-0.39, 0.29) is 24.8 Å². The Balaban J connectivity index is 2.28. The fourth-order valence-corrected chi connectivity index (χ4v) is 2.20. The minimum absolute atomic E-state index is 0.121. The topological polar surface area (TPSA) is 95.9 Å². The van der Waals surface area contributed by atoms with Gasteiger partial charge < -0.3 is 20.1 Å². The average Bonchev–Trinajstić information content (AvgIpc) is 2.48. The van der Waals surface area contributed by atoms with Gasteiger partial charge >= 0.3 is 5.97 Å². The number of nitrogens with one attached hydrogen (secondary N) is 1. The average molecular weight is 306 g/mol. The lowest BCUT2D eigenvalue weighted by Crippen LogP contribution is -2.37. The molecule has 2 N–H and O–H groups in total. The molecular weight excluding hydrogens is 288 g/mol. The summed E-state index contributed by atoms with van der Waals surface area (Å²) in [5.41, 5.74) is 0.764. The molecule has 2 rings (SSSR count). The molecule has 118 valence electrons. The highest BCUT2D eigenvalue weighted by atomic mass is 16.5. The van der Waals surface area contributed by atoms with Crippen molar-refractivity contribution in [3.05, 3.63) is 23.8 Å². The zero-order valence-corrected chi connectivity index (χ0v) is 12.5. The highest BCUT2D eigenvalue weighted by molar-refractivity contribution is 6.04. The van der Waals surface area contributed by atoms with Gasteiger partial charge in [-0.25, -0.2) is 0 Å². The molecule has 1 aromatic carbocycles. The van der Waals surface area contributed by atoms with Crippen molar-refractivity contribution in [3.63, 3.8) is 0 Å². The normalized spacial score (nSPS) is 16.3. The molecule has 0 aliphatic carbocycles. The molecule has 22 heavy (non-hydrogen) atoms. The Bertz CT molecular complexity index is 614. The van der Waals surface area contributed by atoms with Gasteiger partial charge in [-0.05, 0) is 26.0 Å². The van der Waals surface area contributed by atoms with Crippen molar-refractivity contribution in [3.8, 4) is 5.75 Å². The van der Waals surface area contributed by atoms with Crippen LogP contribution in [0.5, 0.6) is 5.75 Å². The molecule has 1 aliphatic heterocycles. The molecule has 0 saturated heterocycles. The van der Waals surface area contributed by atoms with Gasteiger partial charge in [0.15, 0.2) is 11.9 Å². The fourth-order valence-electron chi connectivity index (χ4n) is 2.20. The maximum absolute atomic E-state index is 12.6. The molecule has 0 saturated carbocycles. The summed E-state index contributed by atoms with van der Waals surface area (Å²) < 4.78 is 5.54. The van der Waals surface area contributed by atoms with Crippen molar-refractivity contribution < 1.29 is 24.2 Å².